The molecule has 0 unspecified atom stereocenters. The van der Waals surface area contributed by atoms with E-state index in [4.69, 9.17) is 4.74 Å². The van der Waals surface area contributed by atoms with Crippen molar-refractivity contribution in [2.75, 3.05) is 7.11 Å². The highest BCUT2D eigenvalue weighted by atomic mass is 32.2. The Hall–Kier alpha value is -2.74. The van der Waals surface area contributed by atoms with Crippen molar-refractivity contribution in [2.24, 2.45) is 0 Å². The molecule has 2 aromatic carbocycles. The average Bonchev–Trinajstić information content (AvgIpc) is 3.06. The summed E-state index contributed by atoms with van der Waals surface area (Å²) in [6.07, 6.45) is -1.35. The van der Waals surface area contributed by atoms with Crippen molar-refractivity contribution in [3.05, 3.63) is 57.5 Å². The van der Waals surface area contributed by atoms with E-state index in [0.717, 1.165) is 35.7 Å². The van der Waals surface area contributed by atoms with Gasteiger partial charge in [0, 0.05) is 5.56 Å². The highest BCUT2D eigenvalue weighted by molar-refractivity contribution is 8.18. The summed E-state index contributed by atoms with van der Waals surface area (Å²) in [4.78, 5) is 23.5. The van der Waals surface area contributed by atoms with Crippen LogP contribution < -0.4 is 10.1 Å². The molecule has 4 nitrogen and oxygen atoms in total. The maximum Gasteiger partial charge on any atom is 0.417 e. The largest absolute Gasteiger partial charge is 0.496 e. The van der Waals surface area contributed by atoms with Crippen LogP contribution in [-0.2, 0) is 21.8 Å². The molecule has 34 heavy (non-hydrogen) atoms. The third-order valence-electron chi connectivity index (χ3n) is 6.75. The van der Waals surface area contributed by atoms with E-state index in [1.165, 1.54) is 19.3 Å². The monoisotopic (exact) mass is 489 g/mol. The maximum atomic E-state index is 14.3. The summed E-state index contributed by atoms with van der Waals surface area (Å²) in [7, 11) is 1.40. The number of benzene rings is 2. The van der Waals surface area contributed by atoms with E-state index in [1.807, 2.05) is 13.8 Å². The van der Waals surface area contributed by atoms with Crippen LogP contribution in [0, 0.1) is 0 Å². The van der Waals surface area contributed by atoms with Crippen molar-refractivity contribution in [1.29, 1.82) is 0 Å². The van der Waals surface area contributed by atoms with E-state index in [2.05, 4.69) is 19.2 Å². The van der Waals surface area contributed by atoms with Crippen LogP contribution >= 0.6 is 11.8 Å². The quantitative estimate of drug-likeness (QED) is 0.469. The molecule has 4 rings (SSSR count). The number of methoxy groups -OCH3 is 1. The smallest absolute Gasteiger partial charge is 0.417 e. The van der Waals surface area contributed by atoms with Crippen molar-refractivity contribution in [2.45, 2.75) is 57.5 Å². The summed E-state index contributed by atoms with van der Waals surface area (Å²) < 4.78 is 48.3. The Kier molecular flexibility index (Phi) is 5.87. The Bertz CT molecular complexity index is 1230. The van der Waals surface area contributed by atoms with E-state index in [9.17, 15) is 22.8 Å². The van der Waals surface area contributed by atoms with Crippen molar-refractivity contribution in [3.63, 3.8) is 0 Å². The minimum Gasteiger partial charge on any atom is -0.496 e. The first-order valence-electron chi connectivity index (χ1n) is 10.9. The number of nitrogens with one attached hydrogen (secondary N) is 1. The van der Waals surface area contributed by atoms with E-state index >= 15 is 0 Å². The molecule has 1 heterocycles. The molecule has 0 spiro atoms. The van der Waals surface area contributed by atoms with Gasteiger partial charge in [-0.3, -0.25) is 14.9 Å². The van der Waals surface area contributed by atoms with Gasteiger partial charge in [-0.1, -0.05) is 39.8 Å². The second-order valence-electron chi connectivity index (χ2n) is 10.0. The molecule has 1 fully saturated rings. The number of imide groups is 1. The van der Waals surface area contributed by atoms with E-state index < -0.39 is 22.9 Å². The minimum absolute atomic E-state index is 0.0660. The number of hydrogen-bond acceptors (Lipinski definition) is 4. The molecule has 1 aliphatic heterocycles. The Morgan fingerprint density at radius 2 is 1.59 bits per heavy atom. The molecule has 0 bridgehead atoms. The van der Waals surface area contributed by atoms with E-state index in [0.29, 0.717) is 11.1 Å². The normalized spacial score (nSPS) is 20.3. The Balaban J connectivity index is 1.91. The molecule has 0 aromatic heterocycles. The lowest BCUT2D eigenvalue weighted by atomic mass is 9.62. The fourth-order valence-electron chi connectivity index (χ4n) is 4.66. The predicted octanol–water partition coefficient (Wildman–Crippen LogP) is 7.05. The van der Waals surface area contributed by atoms with Gasteiger partial charge in [0.1, 0.15) is 5.75 Å². The van der Waals surface area contributed by atoms with Crippen molar-refractivity contribution >= 4 is 29.0 Å². The summed E-state index contributed by atoms with van der Waals surface area (Å²) in [5, 5.41) is 1.72. The number of thioether (sulfide) groups is 1. The molecule has 8 heteroatoms. The number of hydrogen-bond donors (Lipinski definition) is 1. The summed E-state index contributed by atoms with van der Waals surface area (Å²) >= 11 is 0.775. The van der Waals surface area contributed by atoms with Crippen LogP contribution in [0.1, 0.15) is 62.8 Å². The average molecular weight is 490 g/mol. The van der Waals surface area contributed by atoms with E-state index in [-0.39, 0.29) is 27.0 Å². The highest BCUT2D eigenvalue weighted by Crippen LogP contribution is 2.51. The van der Waals surface area contributed by atoms with Crippen molar-refractivity contribution in [1.82, 2.24) is 5.32 Å². The van der Waals surface area contributed by atoms with Crippen LogP contribution in [0.2, 0.25) is 0 Å². The standard InChI is InChI=1S/C26H26F3NO3S/c1-24(2)8-9-25(3,4)19-13-17(26(27,28)29)16(12-18(19)24)15-7-6-14(10-20(15)33-5)11-21-22(31)30-23(32)34-21/h6-7,10-13H,8-9H2,1-5H3,(H,30,31,32). The third kappa shape index (κ3) is 4.35. The van der Waals surface area contributed by atoms with Gasteiger partial charge in [0.2, 0.25) is 0 Å². The SMILES string of the molecule is COc1cc(C=C2SC(=O)NC2=O)ccc1-c1cc2c(cc1C(F)(F)F)C(C)(C)CCC2(C)C. The van der Waals surface area contributed by atoms with Crippen LogP contribution in [0.4, 0.5) is 18.0 Å². The fourth-order valence-corrected chi connectivity index (χ4v) is 5.35. The maximum absolute atomic E-state index is 14.3. The zero-order valence-electron chi connectivity index (χ0n) is 19.6. The van der Waals surface area contributed by atoms with Crippen molar-refractivity contribution < 1.29 is 27.5 Å². The summed E-state index contributed by atoms with van der Waals surface area (Å²) in [5.41, 5.74) is 1.25. The number of ether oxygens (including phenoxy) is 1. The fraction of sp³-hybridized carbons (Fsp3) is 0.385. The predicted molar refractivity (Wildman–Crippen MR) is 128 cm³/mol. The van der Waals surface area contributed by atoms with Crippen LogP contribution in [0.25, 0.3) is 17.2 Å². The third-order valence-corrected chi connectivity index (χ3v) is 7.56. The molecule has 0 radical (unpaired) electrons. The zero-order valence-corrected chi connectivity index (χ0v) is 20.5. The number of carbonyl (C=O) groups is 2. The Morgan fingerprint density at radius 1 is 0.971 bits per heavy atom. The Morgan fingerprint density at radius 3 is 2.12 bits per heavy atom. The first kappa shape index (κ1) is 24.4. The van der Waals surface area contributed by atoms with Gasteiger partial charge in [-0.25, -0.2) is 0 Å². The summed E-state index contributed by atoms with van der Waals surface area (Å²) in [6, 6.07) is 7.76. The van der Waals surface area contributed by atoms with Gasteiger partial charge in [-0.05, 0) is 82.0 Å². The van der Waals surface area contributed by atoms with Crippen LogP contribution in [0.3, 0.4) is 0 Å². The second-order valence-corrected chi connectivity index (χ2v) is 11.0. The molecule has 1 N–H and O–H groups in total. The number of rotatable bonds is 3. The topological polar surface area (TPSA) is 55.4 Å². The van der Waals surface area contributed by atoms with Gasteiger partial charge < -0.3 is 4.74 Å². The van der Waals surface area contributed by atoms with E-state index in [1.54, 1.807) is 24.3 Å². The van der Waals surface area contributed by atoms with Crippen LogP contribution in [0.15, 0.2) is 35.2 Å². The Labute approximate surface area is 201 Å². The lowest BCUT2D eigenvalue weighted by Crippen LogP contribution is -2.34. The molecule has 1 saturated heterocycles. The molecule has 0 atom stereocenters. The molecule has 2 aliphatic rings. The first-order valence-corrected chi connectivity index (χ1v) is 11.7. The molecular weight excluding hydrogens is 463 g/mol. The van der Waals surface area contributed by atoms with Crippen LogP contribution in [-0.4, -0.2) is 18.3 Å². The molecule has 2 amide bonds. The highest BCUT2D eigenvalue weighted by Gasteiger charge is 2.42. The minimum atomic E-state index is -4.55. The van der Waals surface area contributed by atoms with Gasteiger partial charge in [0.05, 0.1) is 17.6 Å². The van der Waals surface area contributed by atoms with Gasteiger partial charge in [-0.15, -0.1) is 0 Å². The van der Waals surface area contributed by atoms with Gasteiger partial charge in [0.25, 0.3) is 11.1 Å². The summed E-state index contributed by atoms with van der Waals surface area (Å²) in [6.45, 7) is 8.11. The molecule has 0 saturated carbocycles. The number of amides is 2. The molecule has 2 aromatic rings. The number of halogens is 3. The van der Waals surface area contributed by atoms with Gasteiger partial charge >= 0.3 is 6.18 Å². The lowest BCUT2D eigenvalue weighted by Gasteiger charge is -2.42. The molecule has 180 valence electrons. The number of alkyl halides is 3. The lowest BCUT2D eigenvalue weighted by molar-refractivity contribution is -0.137. The number of carbonyl (C=O) groups excluding carboxylic acids is 2. The molecular formula is C26H26F3NO3S. The molecule has 1 aliphatic carbocycles. The van der Waals surface area contributed by atoms with Gasteiger partial charge in [0.15, 0.2) is 0 Å². The zero-order chi connectivity index (χ0) is 25.1. The van der Waals surface area contributed by atoms with Crippen molar-refractivity contribution in [3.8, 4) is 16.9 Å². The first-order chi connectivity index (χ1) is 15.7. The summed E-state index contributed by atoms with van der Waals surface area (Å²) in [5.74, 6) is -0.251. The van der Waals surface area contributed by atoms with Gasteiger partial charge in [-0.2, -0.15) is 13.2 Å². The van der Waals surface area contributed by atoms with Crippen LogP contribution in [0.5, 0.6) is 5.75 Å². The second kappa shape index (κ2) is 8.18. The number of fused-ring (bicyclic) bond motifs is 1.